The summed E-state index contributed by atoms with van der Waals surface area (Å²) in [6.45, 7) is 5.87. The smallest absolute Gasteiger partial charge is 0.311 e. The third kappa shape index (κ3) is 4.32. The monoisotopic (exact) mass is 344 g/mol. The number of amides is 1. The van der Waals surface area contributed by atoms with Crippen molar-refractivity contribution in [3.8, 4) is 5.75 Å². The number of carbonyl (C=O) groups excluding carboxylic acids is 1. The van der Waals surface area contributed by atoms with Crippen LogP contribution in [0.2, 0.25) is 0 Å². The van der Waals surface area contributed by atoms with E-state index in [1.54, 1.807) is 6.92 Å². The Morgan fingerprint density at radius 2 is 2.04 bits per heavy atom. The maximum absolute atomic E-state index is 12.4. The molecule has 0 radical (unpaired) electrons. The first kappa shape index (κ1) is 18.4. The lowest BCUT2D eigenvalue weighted by molar-refractivity contribution is -0.690. The van der Waals surface area contributed by atoms with Crippen molar-refractivity contribution in [2.24, 2.45) is 0 Å². The highest BCUT2D eigenvalue weighted by atomic mass is 16.6. The number of ether oxygens (including phenoxy) is 1. The van der Waals surface area contributed by atoms with Crippen molar-refractivity contribution >= 4 is 17.3 Å². The largest absolute Gasteiger partial charge is 0.490 e. The van der Waals surface area contributed by atoms with E-state index in [9.17, 15) is 14.9 Å². The van der Waals surface area contributed by atoms with E-state index in [0.29, 0.717) is 11.3 Å². The topological polar surface area (TPSA) is 85.3 Å². The Balaban J connectivity index is 2.22. The van der Waals surface area contributed by atoms with Gasteiger partial charge in [-0.25, -0.2) is 0 Å². The molecular weight excluding hydrogens is 322 g/mol. The molecule has 0 bridgehead atoms. The standard InChI is InChI=1S/C18H21N3O4/c1-5-14-7-6-13(3)20(10-14)11-18(22)19-15-9-17(25-4)16(21(23)24)8-12(15)2/h6-10H,5,11H2,1-4H3/p+1. The molecule has 1 aromatic heterocycles. The molecule has 0 fully saturated rings. The second kappa shape index (κ2) is 7.74. The van der Waals surface area contributed by atoms with Crippen molar-refractivity contribution in [3.63, 3.8) is 0 Å². The van der Waals surface area contributed by atoms with Crippen LogP contribution in [0.25, 0.3) is 0 Å². The predicted octanol–water partition coefficient (Wildman–Crippen LogP) is 2.71. The lowest BCUT2D eigenvalue weighted by Gasteiger charge is -2.10. The molecule has 0 spiro atoms. The summed E-state index contributed by atoms with van der Waals surface area (Å²) in [4.78, 5) is 22.9. The minimum Gasteiger partial charge on any atom is -0.490 e. The Kier molecular flexibility index (Phi) is 5.69. The van der Waals surface area contributed by atoms with Crippen LogP contribution in [0.4, 0.5) is 11.4 Å². The van der Waals surface area contributed by atoms with Crippen molar-refractivity contribution in [2.45, 2.75) is 33.7 Å². The molecule has 132 valence electrons. The average molecular weight is 344 g/mol. The zero-order chi connectivity index (χ0) is 18.6. The molecule has 2 rings (SSSR count). The first-order valence-corrected chi connectivity index (χ1v) is 7.97. The van der Waals surface area contributed by atoms with E-state index in [1.165, 1.54) is 19.2 Å². The summed E-state index contributed by atoms with van der Waals surface area (Å²) in [5.41, 5.74) is 3.10. The number of nitro groups is 1. The second-order valence-electron chi connectivity index (χ2n) is 5.80. The normalized spacial score (nSPS) is 10.4. The number of nitro benzene ring substituents is 1. The number of benzene rings is 1. The van der Waals surface area contributed by atoms with Gasteiger partial charge in [-0.3, -0.25) is 14.9 Å². The van der Waals surface area contributed by atoms with E-state index >= 15 is 0 Å². The fraction of sp³-hybridized carbons (Fsp3) is 0.333. The van der Waals surface area contributed by atoms with Crippen LogP contribution in [0, 0.1) is 24.0 Å². The van der Waals surface area contributed by atoms with Crippen molar-refractivity contribution in [1.29, 1.82) is 0 Å². The van der Waals surface area contributed by atoms with Crippen LogP contribution in [0.15, 0.2) is 30.5 Å². The fourth-order valence-corrected chi connectivity index (χ4v) is 2.51. The molecule has 0 saturated heterocycles. The Morgan fingerprint density at radius 1 is 1.32 bits per heavy atom. The highest BCUT2D eigenvalue weighted by molar-refractivity contribution is 5.91. The van der Waals surface area contributed by atoms with Gasteiger partial charge >= 0.3 is 5.69 Å². The fourth-order valence-electron chi connectivity index (χ4n) is 2.51. The van der Waals surface area contributed by atoms with Crippen LogP contribution in [0.1, 0.15) is 23.7 Å². The minimum absolute atomic E-state index is 0.114. The molecule has 1 amide bonds. The van der Waals surface area contributed by atoms with Crippen molar-refractivity contribution < 1.29 is 19.0 Å². The van der Waals surface area contributed by atoms with Crippen LogP contribution >= 0.6 is 0 Å². The van der Waals surface area contributed by atoms with E-state index in [4.69, 9.17) is 4.74 Å². The molecule has 7 heteroatoms. The lowest BCUT2D eigenvalue weighted by atomic mass is 10.1. The molecule has 7 nitrogen and oxygen atoms in total. The van der Waals surface area contributed by atoms with E-state index in [-0.39, 0.29) is 23.9 Å². The summed E-state index contributed by atoms with van der Waals surface area (Å²) >= 11 is 0. The predicted molar refractivity (Wildman–Crippen MR) is 93.8 cm³/mol. The number of methoxy groups -OCH3 is 1. The Morgan fingerprint density at radius 3 is 2.64 bits per heavy atom. The van der Waals surface area contributed by atoms with E-state index in [0.717, 1.165) is 17.7 Å². The first-order chi connectivity index (χ1) is 11.8. The van der Waals surface area contributed by atoms with Gasteiger partial charge in [-0.15, -0.1) is 0 Å². The number of carbonyl (C=O) groups is 1. The van der Waals surface area contributed by atoms with Crippen LogP contribution in [0.5, 0.6) is 5.75 Å². The number of aryl methyl sites for hydroxylation is 3. The van der Waals surface area contributed by atoms with Gasteiger partial charge in [0.2, 0.25) is 6.54 Å². The number of nitrogens with one attached hydrogen (secondary N) is 1. The van der Waals surface area contributed by atoms with Crippen molar-refractivity contribution in [3.05, 3.63) is 57.4 Å². The van der Waals surface area contributed by atoms with Crippen LogP contribution in [-0.2, 0) is 17.8 Å². The molecule has 0 aliphatic heterocycles. The van der Waals surface area contributed by atoms with E-state index in [2.05, 4.69) is 12.2 Å². The molecule has 2 aromatic rings. The van der Waals surface area contributed by atoms with Gasteiger partial charge in [-0.05, 0) is 25.0 Å². The Hall–Kier alpha value is -2.96. The molecule has 0 saturated carbocycles. The lowest BCUT2D eigenvalue weighted by Crippen LogP contribution is -2.43. The summed E-state index contributed by atoms with van der Waals surface area (Å²) in [6, 6.07) is 6.89. The molecule has 0 atom stereocenters. The maximum Gasteiger partial charge on any atom is 0.311 e. The SMILES string of the molecule is CCc1ccc(C)[n+](CC(=O)Nc2cc(OC)c([N+](=O)[O-])cc2C)c1. The zero-order valence-corrected chi connectivity index (χ0v) is 14.8. The first-order valence-electron chi connectivity index (χ1n) is 7.97. The quantitative estimate of drug-likeness (QED) is 0.496. The van der Waals surface area contributed by atoms with Crippen molar-refractivity contribution in [2.75, 3.05) is 12.4 Å². The molecule has 25 heavy (non-hydrogen) atoms. The van der Waals surface area contributed by atoms with Gasteiger partial charge in [0.25, 0.3) is 5.91 Å². The highest BCUT2D eigenvalue weighted by Crippen LogP contribution is 2.32. The maximum atomic E-state index is 12.4. The molecule has 1 N–H and O–H groups in total. The summed E-state index contributed by atoms with van der Waals surface area (Å²) in [5.74, 6) is -0.0944. The molecular formula is C18H22N3O4+. The summed E-state index contributed by atoms with van der Waals surface area (Å²) in [5, 5.41) is 13.8. The number of aromatic nitrogens is 1. The molecule has 1 heterocycles. The summed E-state index contributed by atoms with van der Waals surface area (Å²) in [6.07, 6.45) is 2.85. The second-order valence-corrected chi connectivity index (χ2v) is 5.80. The summed E-state index contributed by atoms with van der Waals surface area (Å²) < 4.78 is 6.93. The zero-order valence-electron chi connectivity index (χ0n) is 14.8. The number of pyridine rings is 1. The third-order valence-corrected chi connectivity index (χ3v) is 4.03. The summed E-state index contributed by atoms with van der Waals surface area (Å²) in [7, 11) is 1.36. The van der Waals surface area contributed by atoms with Gasteiger partial charge in [0.1, 0.15) is 0 Å². The molecule has 0 aliphatic carbocycles. The van der Waals surface area contributed by atoms with Gasteiger partial charge in [-0.2, -0.15) is 4.57 Å². The van der Waals surface area contributed by atoms with Gasteiger partial charge in [0.05, 0.1) is 12.0 Å². The number of hydrogen-bond acceptors (Lipinski definition) is 4. The Labute approximate surface area is 146 Å². The minimum atomic E-state index is -0.507. The molecule has 0 aliphatic rings. The molecule has 1 aromatic carbocycles. The van der Waals surface area contributed by atoms with Gasteiger partial charge in [-0.1, -0.05) is 6.92 Å². The van der Waals surface area contributed by atoms with Gasteiger partial charge in [0, 0.05) is 36.4 Å². The van der Waals surface area contributed by atoms with Crippen LogP contribution in [0.3, 0.4) is 0 Å². The number of hydrogen-bond donors (Lipinski definition) is 1. The van der Waals surface area contributed by atoms with E-state index in [1.807, 2.05) is 29.8 Å². The van der Waals surface area contributed by atoms with Crippen LogP contribution in [-0.4, -0.2) is 17.9 Å². The van der Waals surface area contributed by atoms with E-state index < -0.39 is 4.92 Å². The van der Waals surface area contributed by atoms with Crippen LogP contribution < -0.4 is 14.6 Å². The van der Waals surface area contributed by atoms with Gasteiger partial charge in [0.15, 0.2) is 17.6 Å². The number of nitrogens with zero attached hydrogens (tertiary/aromatic N) is 2. The number of rotatable bonds is 6. The average Bonchev–Trinajstić information content (AvgIpc) is 2.58. The van der Waals surface area contributed by atoms with Crippen molar-refractivity contribution in [1.82, 2.24) is 0 Å². The number of anilines is 1. The highest BCUT2D eigenvalue weighted by Gasteiger charge is 2.20. The Bertz CT molecular complexity index is 818. The molecule has 0 unspecified atom stereocenters. The van der Waals surface area contributed by atoms with Gasteiger partial charge < -0.3 is 10.1 Å². The third-order valence-electron chi connectivity index (χ3n) is 4.03.